The first-order chi connectivity index (χ1) is 8.34. The number of aromatic nitrogens is 1. The van der Waals surface area contributed by atoms with Crippen LogP contribution >= 0.6 is 0 Å². The maximum Gasteiger partial charge on any atom is 0.242 e. The summed E-state index contributed by atoms with van der Waals surface area (Å²) < 4.78 is 0. The first-order valence-corrected chi connectivity index (χ1v) is 6.35. The maximum absolute atomic E-state index is 11.6. The van der Waals surface area contributed by atoms with Crippen LogP contribution in [-0.4, -0.2) is 23.5 Å². The zero-order valence-electron chi connectivity index (χ0n) is 11.9. The van der Waals surface area contributed by atoms with E-state index in [1.807, 2.05) is 32.2 Å². The molecule has 18 heavy (non-hydrogen) atoms. The van der Waals surface area contributed by atoms with Gasteiger partial charge in [0.15, 0.2) is 0 Å². The Balaban J connectivity index is 2.67. The molecular weight excluding hydrogens is 226 g/mol. The summed E-state index contributed by atoms with van der Waals surface area (Å²) in [4.78, 5) is 15.9. The van der Waals surface area contributed by atoms with Crippen molar-refractivity contribution in [3.63, 3.8) is 0 Å². The molecule has 0 aliphatic heterocycles. The minimum Gasteiger partial charge on any atom is -0.359 e. The molecule has 4 nitrogen and oxygen atoms in total. The van der Waals surface area contributed by atoms with E-state index in [-0.39, 0.29) is 17.4 Å². The summed E-state index contributed by atoms with van der Waals surface area (Å²) in [5.41, 5.74) is 1.27. The molecule has 4 heteroatoms. The van der Waals surface area contributed by atoms with Crippen molar-refractivity contribution < 1.29 is 4.79 Å². The summed E-state index contributed by atoms with van der Waals surface area (Å²) in [5.74, 6) is 0.709. The van der Waals surface area contributed by atoms with Crippen LogP contribution in [0, 0.1) is 0 Å². The number of hydrogen-bond acceptors (Lipinski definition) is 3. The largest absolute Gasteiger partial charge is 0.359 e. The molecule has 0 aromatic carbocycles. The number of rotatable bonds is 4. The fourth-order valence-corrected chi connectivity index (χ4v) is 1.54. The second-order valence-electron chi connectivity index (χ2n) is 5.44. The van der Waals surface area contributed by atoms with E-state index in [9.17, 15) is 4.79 Å². The third-order valence-corrected chi connectivity index (χ3v) is 2.74. The molecule has 0 fully saturated rings. The van der Waals surface area contributed by atoms with Crippen molar-refractivity contribution in [2.24, 2.45) is 0 Å². The van der Waals surface area contributed by atoms with Gasteiger partial charge in [-0.25, -0.2) is 4.98 Å². The van der Waals surface area contributed by atoms with Crippen LogP contribution in [0.25, 0.3) is 0 Å². The van der Waals surface area contributed by atoms with E-state index in [2.05, 4.69) is 36.4 Å². The Labute approximate surface area is 109 Å². The van der Waals surface area contributed by atoms with Gasteiger partial charge in [-0.2, -0.15) is 0 Å². The van der Waals surface area contributed by atoms with Gasteiger partial charge < -0.3 is 10.6 Å². The van der Waals surface area contributed by atoms with Gasteiger partial charge in [-0.15, -0.1) is 0 Å². The summed E-state index contributed by atoms with van der Waals surface area (Å²) >= 11 is 0. The molecule has 1 unspecified atom stereocenters. The molecule has 0 spiro atoms. The zero-order valence-corrected chi connectivity index (χ0v) is 11.9. The van der Waals surface area contributed by atoms with Gasteiger partial charge in [-0.3, -0.25) is 4.79 Å². The number of nitrogens with zero attached hydrogens (tertiary/aromatic N) is 1. The molecule has 2 N–H and O–H groups in total. The average molecular weight is 249 g/mol. The van der Waals surface area contributed by atoms with Crippen molar-refractivity contribution in [1.29, 1.82) is 0 Å². The van der Waals surface area contributed by atoms with Gasteiger partial charge in [0, 0.05) is 12.7 Å². The van der Waals surface area contributed by atoms with E-state index in [1.165, 1.54) is 5.56 Å². The van der Waals surface area contributed by atoms with Gasteiger partial charge in [0.2, 0.25) is 5.91 Å². The van der Waals surface area contributed by atoms with Gasteiger partial charge in [0.1, 0.15) is 11.9 Å². The number of anilines is 1. The molecule has 1 aromatic heterocycles. The number of carbonyl (C=O) groups is 1. The van der Waals surface area contributed by atoms with Gasteiger partial charge in [0.05, 0.1) is 0 Å². The monoisotopic (exact) mass is 249 g/mol. The van der Waals surface area contributed by atoms with Gasteiger partial charge in [0.25, 0.3) is 0 Å². The standard InChI is InChI=1S/C14H23N3O/c1-6-15-13(18)10(2)17-12-8-7-11(9-16-12)14(3,4)5/h7-10H,6H2,1-5H3,(H,15,18)(H,16,17). The van der Waals surface area contributed by atoms with Crippen molar-refractivity contribution in [3.05, 3.63) is 23.9 Å². The fraction of sp³-hybridized carbons (Fsp3) is 0.571. The Bertz CT molecular complexity index is 392. The molecule has 0 aliphatic carbocycles. The molecule has 0 saturated heterocycles. The highest BCUT2D eigenvalue weighted by Gasteiger charge is 2.15. The molecule has 1 rings (SSSR count). The van der Waals surface area contributed by atoms with Crippen LogP contribution in [0.4, 0.5) is 5.82 Å². The Kier molecular flexibility index (Phi) is 4.70. The molecule has 1 aromatic rings. The molecule has 0 saturated carbocycles. The molecule has 1 heterocycles. The lowest BCUT2D eigenvalue weighted by molar-refractivity contribution is -0.121. The minimum atomic E-state index is -0.280. The van der Waals surface area contributed by atoms with Crippen molar-refractivity contribution >= 4 is 11.7 Å². The Hall–Kier alpha value is -1.58. The Morgan fingerprint density at radius 3 is 2.50 bits per heavy atom. The molecule has 100 valence electrons. The predicted molar refractivity (Wildman–Crippen MR) is 74.7 cm³/mol. The zero-order chi connectivity index (χ0) is 13.8. The van der Waals surface area contributed by atoms with E-state index in [4.69, 9.17) is 0 Å². The summed E-state index contributed by atoms with van der Waals surface area (Å²) in [7, 11) is 0. The lowest BCUT2D eigenvalue weighted by atomic mass is 9.88. The van der Waals surface area contributed by atoms with Gasteiger partial charge in [-0.1, -0.05) is 26.8 Å². The number of hydrogen-bond donors (Lipinski definition) is 2. The van der Waals surface area contributed by atoms with E-state index < -0.39 is 0 Å². The second-order valence-corrected chi connectivity index (χ2v) is 5.44. The van der Waals surface area contributed by atoms with Gasteiger partial charge >= 0.3 is 0 Å². The second kappa shape index (κ2) is 5.85. The lowest BCUT2D eigenvalue weighted by Gasteiger charge is -2.19. The number of likely N-dealkylation sites (N-methyl/N-ethyl adjacent to an activating group) is 1. The summed E-state index contributed by atoms with van der Waals surface area (Å²) in [6.07, 6.45) is 1.85. The fourth-order valence-electron chi connectivity index (χ4n) is 1.54. The van der Waals surface area contributed by atoms with Crippen LogP contribution in [0.2, 0.25) is 0 Å². The third kappa shape index (κ3) is 4.02. The highest BCUT2D eigenvalue weighted by atomic mass is 16.2. The first-order valence-electron chi connectivity index (χ1n) is 6.35. The summed E-state index contributed by atoms with van der Waals surface area (Å²) in [5, 5.41) is 5.85. The minimum absolute atomic E-state index is 0.0146. The van der Waals surface area contributed by atoms with Crippen LogP contribution < -0.4 is 10.6 Å². The SMILES string of the molecule is CCNC(=O)C(C)Nc1ccc(C(C)(C)C)cn1. The molecular formula is C14H23N3O. The normalized spacial score (nSPS) is 12.9. The maximum atomic E-state index is 11.6. The van der Waals surface area contributed by atoms with Gasteiger partial charge in [-0.05, 0) is 30.9 Å². The molecule has 0 radical (unpaired) electrons. The Morgan fingerprint density at radius 1 is 1.39 bits per heavy atom. The van der Waals surface area contributed by atoms with E-state index in [0.29, 0.717) is 6.54 Å². The van der Waals surface area contributed by atoms with Crippen LogP contribution in [0.5, 0.6) is 0 Å². The molecule has 0 aliphatic rings. The Morgan fingerprint density at radius 2 is 2.06 bits per heavy atom. The number of pyridine rings is 1. The van der Waals surface area contributed by atoms with E-state index in [0.717, 1.165) is 5.82 Å². The van der Waals surface area contributed by atoms with E-state index >= 15 is 0 Å². The summed E-state index contributed by atoms with van der Waals surface area (Å²) in [6.45, 7) is 10.8. The predicted octanol–water partition coefficient (Wildman–Crippen LogP) is 2.32. The molecule has 1 amide bonds. The number of amides is 1. The average Bonchev–Trinajstić information content (AvgIpc) is 2.28. The van der Waals surface area contributed by atoms with Crippen molar-refractivity contribution in [3.8, 4) is 0 Å². The quantitative estimate of drug-likeness (QED) is 0.861. The van der Waals surface area contributed by atoms with Crippen molar-refractivity contribution in [1.82, 2.24) is 10.3 Å². The highest BCUT2D eigenvalue weighted by molar-refractivity contribution is 5.83. The first kappa shape index (κ1) is 14.5. The van der Waals surface area contributed by atoms with Crippen LogP contribution in [0.1, 0.15) is 40.2 Å². The highest BCUT2D eigenvalue weighted by Crippen LogP contribution is 2.21. The number of carbonyl (C=O) groups excluding carboxylic acids is 1. The van der Waals surface area contributed by atoms with Crippen LogP contribution in [0.15, 0.2) is 18.3 Å². The molecule has 1 atom stereocenters. The lowest BCUT2D eigenvalue weighted by Crippen LogP contribution is -2.37. The molecule has 0 bridgehead atoms. The van der Waals surface area contributed by atoms with Crippen LogP contribution in [0.3, 0.4) is 0 Å². The smallest absolute Gasteiger partial charge is 0.242 e. The van der Waals surface area contributed by atoms with Crippen molar-refractivity contribution in [2.75, 3.05) is 11.9 Å². The topological polar surface area (TPSA) is 54.0 Å². The van der Waals surface area contributed by atoms with E-state index in [1.54, 1.807) is 0 Å². The van der Waals surface area contributed by atoms with Crippen LogP contribution in [-0.2, 0) is 10.2 Å². The third-order valence-electron chi connectivity index (χ3n) is 2.74. The van der Waals surface area contributed by atoms with Crippen molar-refractivity contribution in [2.45, 2.75) is 46.1 Å². The summed E-state index contributed by atoms with van der Waals surface area (Å²) in [6, 6.07) is 3.67. The number of nitrogens with one attached hydrogen (secondary N) is 2.